The molecule has 0 saturated heterocycles. The Morgan fingerprint density at radius 1 is 1.55 bits per heavy atom. The molecule has 2 nitrogen and oxygen atoms in total. The number of nitrogens with zero attached hydrogens (tertiary/aromatic N) is 1. The van der Waals surface area contributed by atoms with Crippen molar-refractivity contribution in [2.45, 2.75) is 6.92 Å². The molecule has 0 fully saturated rings. The molecule has 0 atom stereocenters. The summed E-state index contributed by atoms with van der Waals surface area (Å²) in [7, 11) is 0. The second-order valence-corrected chi connectivity index (χ2v) is 2.68. The van der Waals surface area contributed by atoms with E-state index in [9.17, 15) is 0 Å². The van der Waals surface area contributed by atoms with Crippen molar-refractivity contribution in [1.82, 2.24) is 4.98 Å². The quantitative estimate of drug-likeness (QED) is 0.703. The van der Waals surface area contributed by atoms with Crippen LogP contribution in [0.2, 0.25) is 0 Å². The molecule has 0 bridgehead atoms. The summed E-state index contributed by atoms with van der Waals surface area (Å²) < 4.78 is 0. The number of anilines is 1. The van der Waals surface area contributed by atoms with Crippen molar-refractivity contribution in [3.8, 4) is 0 Å². The topological polar surface area (TPSA) is 24.9 Å². The molecule has 1 heterocycles. The van der Waals surface area contributed by atoms with Gasteiger partial charge in [-0.05, 0) is 19.1 Å². The lowest BCUT2D eigenvalue weighted by atomic mass is 10.3. The predicted molar refractivity (Wildman–Crippen MR) is 48.2 cm³/mol. The molecule has 1 N–H and O–H groups in total. The summed E-state index contributed by atoms with van der Waals surface area (Å²) in [5.74, 6) is 0.619. The first-order chi connectivity index (χ1) is 5.33. The SMILES string of the molecule is Cc1ccc(NCCCl)cn1. The highest BCUT2D eigenvalue weighted by Crippen LogP contribution is 2.04. The average molecular weight is 171 g/mol. The van der Waals surface area contributed by atoms with E-state index in [-0.39, 0.29) is 0 Å². The Morgan fingerprint density at radius 3 is 2.91 bits per heavy atom. The van der Waals surface area contributed by atoms with Crippen molar-refractivity contribution in [2.24, 2.45) is 0 Å². The second-order valence-electron chi connectivity index (χ2n) is 2.30. The first kappa shape index (κ1) is 8.34. The lowest BCUT2D eigenvalue weighted by Gasteiger charge is -2.02. The molecular formula is C8H11ClN2. The predicted octanol–water partition coefficient (Wildman–Crippen LogP) is 2.04. The molecule has 0 spiro atoms. The van der Waals surface area contributed by atoms with Gasteiger partial charge in [0.15, 0.2) is 0 Å². The number of aryl methyl sites for hydroxylation is 1. The molecule has 0 aliphatic carbocycles. The van der Waals surface area contributed by atoms with E-state index in [2.05, 4.69) is 10.3 Å². The van der Waals surface area contributed by atoms with Gasteiger partial charge in [-0.3, -0.25) is 4.98 Å². The lowest BCUT2D eigenvalue weighted by molar-refractivity contribution is 1.16. The zero-order valence-electron chi connectivity index (χ0n) is 6.47. The van der Waals surface area contributed by atoms with Crippen LogP contribution < -0.4 is 5.32 Å². The molecule has 1 rings (SSSR count). The summed E-state index contributed by atoms with van der Waals surface area (Å²) in [6.45, 7) is 2.75. The third-order valence-electron chi connectivity index (χ3n) is 1.33. The van der Waals surface area contributed by atoms with Crippen molar-refractivity contribution in [3.05, 3.63) is 24.0 Å². The van der Waals surface area contributed by atoms with Crippen molar-refractivity contribution in [2.75, 3.05) is 17.7 Å². The van der Waals surface area contributed by atoms with Crippen LogP contribution in [-0.4, -0.2) is 17.4 Å². The van der Waals surface area contributed by atoms with Crippen LogP contribution in [-0.2, 0) is 0 Å². The van der Waals surface area contributed by atoms with Gasteiger partial charge >= 0.3 is 0 Å². The number of pyridine rings is 1. The summed E-state index contributed by atoms with van der Waals surface area (Å²) in [4.78, 5) is 4.13. The molecule has 0 saturated carbocycles. The van der Waals surface area contributed by atoms with E-state index >= 15 is 0 Å². The van der Waals surface area contributed by atoms with Gasteiger partial charge in [-0.2, -0.15) is 0 Å². The Balaban J connectivity index is 2.52. The standard InChI is InChI=1S/C8H11ClN2/c1-7-2-3-8(6-11-7)10-5-4-9/h2-3,6,10H,4-5H2,1H3. The van der Waals surface area contributed by atoms with Gasteiger partial charge in [0, 0.05) is 18.1 Å². The van der Waals surface area contributed by atoms with Gasteiger partial charge in [-0.15, -0.1) is 11.6 Å². The fourth-order valence-electron chi connectivity index (χ4n) is 0.764. The lowest BCUT2D eigenvalue weighted by Crippen LogP contribution is -2.02. The normalized spacial score (nSPS) is 9.64. The Kier molecular flexibility index (Phi) is 3.17. The van der Waals surface area contributed by atoms with Gasteiger partial charge in [0.2, 0.25) is 0 Å². The van der Waals surface area contributed by atoms with Crippen molar-refractivity contribution in [1.29, 1.82) is 0 Å². The number of rotatable bonds is 3. The minimum atomic E-state index is 0.619. The maximum absolute atomic E-state index is 5.50. The Labute approximate surface area is 71.6 Å². The average Bonchev–Trinajstić information content (AvgIpc) is 2.04. The molecular weight excluding hydrogens is 160 g/mol. The zero-order chi connectivity index (χ0) is 8.10. The Morgan fingerprint density at radius 2 is 2.36 bits per heavy atom. The third-order valence-corrected chi connectivity index (χ3v) is 1.52. The fourth-order valence-corrected chi connectivity index (χ4v) is 0.858. The highest BCUT2D eigenvalue weighted by molar-refractivity contribution is 6.18. The summed E-state index contributed by atoms with van der Waals surface area (Å²) >= 11 is 5.50. The van der Waals surface area contributed by atoms with Crippen LogP contribution in [0.5, 0.6) is 0 Å². The summed E-state index contributed by atoms with van der Waals surface area (Å²) in [6, 6.07) is 3.96. The number of hydrogen-bond donors (Lipinski definition) is 1. The molecule has 0 aliphatic heterocycles. The van der Waals surface area contributed by atoms with Crippen LogP contribution in [0.4, 0.5) is 5.69 Å². The number of nitrogens with one attached hydrogen (secondary N) is 1. The molecule has 11 heavy (non-hydrogen) atoms. The number of halogens is 1. The van der Waals surface area contributed by atoms with Gasteiger partial charge in [-0.1, -0.05) is 0 Å². The van der Waals surface area contributed by atoms with Crippen molar-refractivity contribution < 1.29 is 0 Å². The van der Waals surface area contributed by atoms with Crippen LogP contribution in [0.25, 0.3) is 0 Å². The zero-order valence-corrected chi connectivity index (χ0v) is 7.23. The number of hydrogen-bond acceptors (Lipinski definition) is 2. The van der Waals surface area contributed by atoms with Gasteiger partial charge in [0.1, 0.15) is 0 Å². The number of alkyl halides is 1. The summed E-state index contributed by atoms with van der Waals surface area (Å²) in [6.07, 6.45) is 1.81. The Bertz CT molecular complexity index is 208. The first-order valence-corrected chi connectivity index (χ1v) is 4.09. The van der Waals surface area contributed by atoms with Crippen LogP contribution in [0.3, 0.4) is 0 Å². The van der Waals surface area contributed by atoms with E-state index < -0.39 is 0 Å². The minimum absolute atomic E-state index is 0.619. The first-order valence-electron chi connectivity index (χ1n) is 3.55. The van der Waals surface area contributed by atoms with E-state index in [0.29, 0.717) is 5.88 Å². The smallest absolute Gasteiger partial charge is 0.0527 e. The van der Waals surface area contributed by atoms with E-state index in [4.69, 9.17) is 11.6 Å². The van der Waals surface area contributed by atoms with Crippen LogP contribution in [0.1, 0.15) is 5.69 Å². The third kappa shape index (κ3) is 2.76. The van der Waals surface area contributed by atoms with Gasteiger partial charge < -0.3 is 5.32 Å². The largest absolute Gasteiger partial charge is 0.383 e. The molecule has 1 aromatic rings. The van der Waals surface area contributed by atoms with E-state index in [1.54, 1.807) is 0 Å². The van der Waals surface area contributed by atoms with Crippen LogP contribution in [0, 0.1) is 6.92 Å². The maximum Gasteiger partial charge on any atom is 0.0527 e. The summed E-state index contributed by atoms with van der Waals surface area (Å²) in [5.41, 5.74) is 2.05. The molecule has 0 aliphatic rings. The summed E-state index contributed by atoms with van der Waals surface area (Å²) in [5, 5.41) is 3.13. The highest BCUT2D eigenvalue weighted by atomic mass is 35.5. The van der Waals surface area contributed by atoms with Gasteiger partial charge in [-0.25, -0.2) is 0 Å². The highest BCUT2D eigenvalue weighted by Gasteiger charge is 1.89. The van der Waals surface area contributed by atoms with E-state index in [1.165, 1.54) is 0 Å². The van der Waals surface area contributed by atoms with Crippen molar-refractivity contribution in [3.63, 3.8) is 0 Å². The molecule has 3 heteroatoms. The van der Waals surface area contributed by atoms with E-state index in [1.807, 2.05) is 25.3 Å². The monoisotopic (exact) mass is 170 g/mol. The number of aromatic nitrogens is 1. The van der Waals surface area contributed by atoms with Crippen LogP contribution >= 0.6 is 11.6 Å². The second kappa shape index (κ2) is 4.19. The molecule has 60 valence electrons. The molecule has 0 radical (unpaired) electrons. The molecule has 0 amide bonds. The fraction of sp³-hybridized carbons (Fsp3) is 0.375. The maximum atomic E-state index is 5.50. The molecule has 1 aromatic heterocycles. The molecule has 0 aromatic carbocycles. The van der Waals surface area contributed by atoms with E-state index in [0.717, 1.165) is 17.9 Å². The minimum Gasteiger partial charge on any atom is -0.383 e. The molecule has 0 unspecified atom stereocenters. The van der Waals surface area contributed by atoms with Crippen molar-refractivity contribution >= 4 is 17.3 Å². The Hall–Kier alpha value is -0.760. The van der Waals surface area contributed by atoms with Gasteiger partial charge in [0.25, 0.3) is 0 Å². The van der Waals surface area contributed by atoms with Crippen LogP contribution in [0.15, 0.2) is 18.3 Å². The van der Waals surface area contributed by atoms with Gasteiger partial charge in [0.05, 0.1) is 11.9 Å².